The molecule has 0 aliphatic heterocycles. The summed E-state index contributed by atoms with van der Waals surface area (Å²) < 4.78 is 1.73. The highest BCUT2D eigenvalue weighted by Gasteiger charge is 2.27. The first-order chi connectivity index (χ1) is 8.28. The fourth-order valence-electron chi connectivity index (χ4n) is 1.88. The van der Waals surface area contributed by atoms with Crippen molar-refractivity contribution in [2.24, 2.45) is 0 Å². The number of aromatic nitrogens is 2. The number of nitrogens with zero attached hydrogens (tertiary/aromatic N) is 3. The van der Waals surface area contributed by atoms with Crippen LogP contribution in [0.5, 0.6) is 0 Å². The van der Waals surface area contributed by atoms with Crippen molar-refractivity contribution in [3.8, 4) is 11.8 Å². The van der Waals surface area contributed by atoms with Gasteiger partial charge in [0.25, 0.3) is 0 Å². The van der Waals surface area contributed by atoms with E-state index in [1.807, 2.05) is 18.2 Å². The molecule has 1 fully saturated rings. The molecule has 0 unspecified atom stereocenters. The average Bonchev–Trinajstić information content (AvgIpc) is 3.13. The van der Waals surface area contributed by atoms with E-state index < -0.39 is 0 Å². The number of nitrogen functional groups attached to an aromatic ring is 1. The third kappa shape index (κ3) is 1.76. The van der Waals surface area contributed by atoms with E-state index in [0.717, 1.165) is 11.4 Å². The minimum atomic E-state index is 0.594. The lowest BCUT2D eigenvalue weighted by molar-refractivity contribution is 0.844. The van der Waals surface area contributed by atoms with Crippen LogP contribution >= 0.6 is 0 Å². The van der Waals surface area contributed by atoms with E-state index in [0.29, 0.717) is 17.3 Å². The summed E-state index contributed by atoms with van der Waals surface area (Å²) in [6.07, 6.45) is 2.42. The van der Waals surface area contributed by atoms with E-state index in [1.165, 1.54) is 12.8 Å². The number of rotatable bonds is 2. The van der Waals surface area contributed by atoms with Crippen LogP contribution < -0.4 is 5.73 Å². The standard InChI is InChI=1S/C13H12N4/c14-8-9-1-5-11(6-2-9)17-13(15)7-12(16-17)10-3-4-10/h1-2,5-7,10H,3-4,15H2. The molecule has 3 rings (SSSR count). The summed E-state index contributed by atoms with van der Waals surface area (Å²) in [6.45, 7) is 0. The van der Waals surface area contributed by atoms with Crippen molar-refractivity contribution in [3.63, 3.8) is 0 Å². The highest BCUT2D eigenvalue weighted by molar-refractivity contribution is 5.46. The Labute approximate surface area is 99.3 Å². The molecule has 0 amide bonds. The molecule has 0 atom stereocenters. The summed E-state index contributed by atoms with van der Waals surface area (Å²) in [5, 5.41) is 13.2. The first kappa shape index (κ1) is 9.91. The van der Waals surface area contributed by atoms with Gasteiger partial charge in [0.2, 0.25) is 0 Å². The van der Waals surface area contributed by atoms with Crippen molar-refractivity contribution in [2.75, 3.05) is 5.73 Å². The predicted molar refractivity (Wildman–Crippen MR) is 64.7 cm³/mol. The van der Waals surface area contributed by atoms with Crippen LogP contribution in [0.4, 0.5) is 5.82 Å². The lowest BCUT2D eigenvalue weighted by atomic mass is 10.2. The quantitative estimate of drug-likeness (QED) is 0.850. The van der Waals surface area contributed by atoms with Crippen LogP contribution in [0.2, 0.25) is 0 Å². The van der Waals surface area contributed by atoms with Gasteiger partial charge in [0.1, 0.15) is 5.82 Å². The Morgan fingerprint density at radius 3 is 2.59 bits per heavy atom. The molecule has 1 saturated carbocycles. The van der Waals surface area contributed by atoms with E-state index in [9.17, 15) is 0 Å². The third-order valence-corrected chi connectivity index (χ3v) is 2.99. The predicted octanol–water partition coefficient (Wildman–Crippen LogP) is 2.20. The summed E-state index contributed by atoms with van der Waals surface area (Å²) in [5.41, 5.74) is 8.56. The number of hydrogen-bond acceptors (Lipinski definition) is 3. The third-order valence-electron chi connectivity index (χ3n) is 2.99. The van der Waals surface area contributed by atoms with Gasteiger partial charge in [-0.1, -0.05) is 0 Å². The van der Waals surface area contributed by atoms with Crippen molar-refractivity contribution in [2.45, 2.75) is 18.8 Å². The van der Waals surface area contributed by atoms with Gasteiger partial charge >= 0.3 is 0 Å². The molecule has 1 aliphatic carbocycles. The van der Waals surface area contributed by atoms with E-state index >= 15 is 0 Å². The minimum Gasteiger partial charge on any atom is -0.384 e. The summed E-state index contributed by atoms with van der Waals surface area (Å²) in [7, 11) is 0. The second-order valence-electron chi connectivity index (χ2n) is 4.34. The first-order valence-electron chi connectivity index (χ1n) is 5.64. The van der Waals surface area contributed by atoms with E-state index in [2.05, 4.69) is 11.2 Å². The molecule has 4 heteroatoms. The van der Waals surface area contributed by atoms with Crippen molar-refractivity contribution in [3.05, 3.63) is 41.6 Å². The zero-order valence-electron chi connectivity index (χ0n) is 9.30. The van der Waals surface area contributed by atoms with Crippen molar-refractivity contribution in [1.29, 1.82) is 5.26 Å². The maximum absolute atomic E-state index is 8.74. The number of nitrogens with two attached hydrogens (primary N) is 1. The van der Waals surface area contributed by atoms with E-state index in [1.54, 1.807) is 16.8 Å². The summed E-state index contributed by atoms with van der Waals surface area (Å²) in [5.74, 6) is 1.24. The van der Waals surface area contributed by atoms with E-state index in [4.69, 9.17) is 11.0 Å². The van der Waals surface area contributed by atoms with E-state index in [-0.39, 0.29) is 0 Å². The topological polar surface area (TPSA) is 67.6 Å². The second kappa shape index (κ2) is 3.63. The Balaban J connectivity index is 1.99. The average molecular weight is 224 g/mol. The lowest BCUT2D eigenvalue weighted by Crippen LogP contribution is -2.01. The Bertz CT molecular complexity index is 585. The van der Waals surface area contributed by atoms with Gasteiger partial charge in [0, 0.05) is 12.0 Å². The summed E-state index contributed by atoms with van der Waals surface area (Å²) in [6, 6.07) is 11.3. The van der Waals surface area contributed by atoms with Gasteiger partial charge in [-0.25, -0.2) is 4.68 Å². The Morgan fingerprint density at radius 1 is 1.29 bits per heavy atom. The molecule has 84 valence electrons. The van der Waals surface area contributed by atoms with Crippen LogP contribution in [0, 0.1) is 11.3 Å². The fraction of sp³-hybridized carbons (Fsp3) is 0.231. The number of benzene rings is 1. The van der Waals surface area contributed by atoms with Gasteiger partial charge in [0.15, 0.2) is 0 Å². The molecule has 1 heterocycles. The molecule has 17 heavy (non-hydrogen) atoms. The van der Waals surface area contributed by atoms with Gasteiger partial charge in [-0.2, -0.15) is 10.4 Å². The monoisotopic (exact) mass is 224 g/mol. The van der Waals surface area contributed by atoms with Crippen LogP contribution in [0.3, 0.4) is 0 Å². The van der Waals surface area contributed by atoms with Crippen LogP contribution in [0.1, 0.15) is 30.0 Å². The van der Waals surface area contributed by atoms with Gasteiger partial charge < -0.3 is 5.73 Å². The molecule has 0 bridgehead atoms. The molecular weight excluding hydrogens is 212 g/mol. The first-order valence-corrected chi connectivity index (χ1v) is 5.64. The van der Waals surface area contributed by atoms with Crippen LogP contribution in [-0.4, -0.2) is 9.78 Å². The highest BCUT2D eigenvalue weighted by atomic mass is 15.3. The van der Waals surface area contributed by atoms with Crippen LogP contribution in [0.15, 0.2) is 30.3 Å². The number of nitriles is 1. The van der Waals surface area contributed by atoms with Gasteiger partial charge in [-0.3, -0.25) is 0 Å². The molecule has 1 aromatic carbocycles. The smallest absolute Gasteiger partial charge is 0.127 e. The second-order valence-corrected chi connectivity index (χ2v) is 4.34. The normalized spacial score (nSPS) is 14.5. The fourth-order valence-corrected chi connectivity index (χ4v) is 1.88. The largest absolute Gasteiger partial charge is 0.384 e. The van der Waals surface area contributed by atoms with Crippen molar-refractivity contribution < 1.29 is 0 Å². The molecule has 2 N–H and O–H groups in total. The molecule has 2 aromatic rings. The molecule has 4 nitrogen and oxygen atoms in total. The van der Waals surface area contributed by atoms with Crippen molar-refractivity contribution in [1.82, 2.24) is 9.78 Å². The molecular formula is C13H12N4. The maximum Gasteiger partial charge on any atom is 0.127 e. The zero-order valence-corrected chi connectivity index (χ0v) is 9.30. The van der Waals surface area contributed by atoms with Gasteiger partial charge in [-0.05, 0) is 37.1 Å². The van der Waals surface area contributed by atoms with Crippen molar-refractivity contribution >= 4 is 5.82 Å². The Morgan fingerprint density at radius 2 is 2.00 bits per heavy atom. The lowest BCUT2D eigenvalue weighted by Gasteiger charge is -2.03. The maximum atomic E-state index is 8.74. The molecule has 0 radical (unpaired) electrons. The highest BCUT2D eigenvalue weighted by Crippen LogP contribution is 2.40. The van der Waals surface area contributed by atoms with Crippen LogP contribution in [0.25, 0.3) is 5.69 Å². The SMILES string of the molecule is N#Cc1ccc(-n2nc(C3CC3)cc2N)cc1. The summed E-state index contributed by atoms with van der Waals surface area (Å²) in [4.78, 5) is 0. The molecule has 1 aromatic heterocycles. The minimum absolute atomic E-state index is 0.594. The summed E-state index contributed by atoms with van der Waals surface area (Å²) >= 11 is 0. The van der Waals surface area contributed by atoms with Gasteiger partial charge in [0.05, 0.1) is 23.0 Å². The number of hydrogen-bond donors (Lipinski definition) is 1. The van der Waals surface area contributed by atoms with Crippen LogP contribution in [-0.2, 0) is 0 Å². The van der Waals surface area contributed by atoms with Gasteiger partial charge in [-0.15, -0.1) is 0 Å². The molecule has 0 spiro atoms. The molecule has 1 aliphatic rings. The molecule has 0 saturated heterocycles. The number of anilines is 1. The zero-order chi connectivity index (χ0) is 11.8. The Kier molecular flexibility index (Phi) is 2.12. The Hall–Kier alpha value is -2.28.